The van der Waals surface area contributed by atoms with E-state index in [-0.39, 0.29) is 17.1 Å². The Bertz CT molecular complexity index is 581. The van der Waals surface area contributed by atoms with Gasteiger partial charge in [-0.25, -0.2) is 8.42 Å². The van der Waals surface area contributed by atoms with E-state index in [1.54, 1.807) is 0 Å². The van der Waals surface area contributed by atoms with Crippen LogP contribution in [-0.4, -0.2) is 32.4 Å². The molecule has 0 aromatic heterocycles. The first-order valence-corrected chi connectivity index (χ1v) is 9.60. The molecular weight excluding hydrogens is 275 g/mol. The second-order valence-corrected chi connectivity index (χ2v) is 11.0. The fraction of sp³-hybridized carbons (Fsp3) is 1.00. The summed E-state index contributed by atoms with van der Waals surface area (Å²) < 4.78 is 105. The minimum atomic E-state index is -4.36. The van der Waals surface area contributed by atoms with Crippen LogP contribution in [0.3, 0.4) is 0 Å². The maximum atomic E-state index is 11.6. The van der Waals surface area contributed by atoms with Gasteiger partial charge in [0.25, 0.3) is 0 Å². The Hall–Kier alpha value is 0.870. The molecule has 0 saturated carbocycles. The van der Waals surface area contributed by atoms with E-state index in [4.69, 9.17) is 25.5 Å². The van der Waals surface area contributed by atoms with Gasteiger partial charge in [-0.15, -0.1) is 0 Å². The van der Waals surface area contributed by atoms with Crippen molar-refractivity contribution in [3.05, 3.63) is 0 Å². The van der Waals surface area contributed by atoms with Crippen molar-refractivity contribution in [1.29, 1.82) is 0 Å². The van der Waals surface area contributed by atoms with Crippen LogP contribution in [0.5, 0.6) is 0 Å². The lowest BCUT2D eigenvalue weighted by molar-refractivity contribution is 0.280. The van der Waals surface area contributed by atoms with Crippen LogP contribution in [0.15, 0.2) is 0 Å². The average Bonchev–Trinajstić information content (AvgIpc) is 2.32. The highest BCUT2D eigenvalue weighted by Gasteiger charge is 2.22. The molecule has 0 spiro atoms. The Labute approximate surface area is 115 Å². The molecule has 0 radical (unpaired) electrons. The summed E-state index contributed by atoms with van der Waals surface area (Å²) in [5.41, 5.74) is -4.36. The van der Waals surface area contributed by atoms with Crippen molar-refractivity contribution in [1.82, 2.24) is 0 Å². The van der Waals surface area contributed by atoms with Gasteiger partial charge in [-0.05, 0) is 25.5 Å². The van der Waals surface area contributed by atoms with E-state index in [2.05, 4.69) is 9.05 Å². The quantitative estimate of drug-likeness (QED) is 0.642. The van der Waals surface area contributed by atoms with E-state index < -0.39 is 47.4 Å². The molecule has 0 atom stereocenters. The largest absolute Gasteiger partial charge is 0.322 e. The first kappa shape index (κ1) is 5.67. The molecule has 0 aliphatic heterocycles. The maximum Gasteiger partial charge on any atom is 0.248 e. The Morgan fingerprint density at radius 1 is 1.47 bits per heavy atom. The van der Waals surface area contributed by atoms with Gasteiger partial charge in [-0.2, -0.15) is 0 Å². The van der Waals surface area contributed by atoms with Gasteiger partial charge in [-0.3, -0.25) is 0 Å². The van der Waals surface area contributed by atoms with Gasteiger partial charge in [0, 0.05) is 14.0 Å². The lowest BCUT2D eigenvalue weighted by Gasteiger charge is -2.19. The molecule has 0 aliphatic rings. The van der Waals surface area contributed by atoms with Crippen LogP contribution in [-0.2, 0) is 30.7 Å². The molecule has 15 heavy (non-hydrogen) atoms. The smallest absolute Gasteiger partial charge is 0.248 e. The Morgan fingerprint density at radius 3 is 2.40 bits per heavy atom. The zero-order chi connectivity index (χ0) is 20.5. The normalized spacial score (nSPS) is 26.5. The first-order valence-electron chi connectivity index (χ1n) is 8.55. The summed E-state index contributed by atoms with van der Waals surface area (Å²) in [6.45, 7) is -12.2. The van der Waals surface area contributed by atoms with E-state index in [0.29, 0.717) is 0 Å². The van der Waals surface area contributed by atoms with Gasteiger partial charge in [0.2, 0.25) is 5.69 Å². The first-order chi connectivity index (χ1) is 10.7. The summed E-state index contributed by atoms with van der Waals surface area (Å²) >= 11 is 4.99. The average molecular weight is 302 g/mol. The highest BCUT2D eigenvalue weighted by molar-refractivity contribution is 8.69. The van der Waals surface area contributed by atoms with E-state index in [1.165, 1.54) is 6.92 Å². The molecule has 0 fully saturated rings. The molecule has 0 aliphatic carbocycles. The molecule has 8 heteroatoms. The van der Waals surface area contributed by atoms with Crippen LogP contribution in [0.1, 0.15) is 34.3 Å². The summed E-state index contributed by atoms with van der Waals surface area (Å²) in [6.07, 6.45) is 0. The van der Waals surface area contributed by atoms with Crippen molar-refractivity contribution in [2.45, 2.75) is 20.6 Å². The molecule has 92 valence electrons. The highest BCUT2D eigenvalue weighted by atomic mass is 32.9. The Morgan fingerprint density at radius 2 is 2.00 bits per heavy atom. The van der Waals surface area contributed by atoms with Gasteiger partial charge < -0.3 is 9.05 Å². The van der Waals surface area contributed by atoms with Crippen LogP contribution in [0.2, 0.25) is 0 Å². The molecule has 4 nitrogen and oxygen atoms in total. The van der Waals surface area contributed by atoms with Crippen molar-refractivity contribution >= 4 is 38.7 Å². The van der Waals surface area contributed by atoms with E-state index in [9.17, 15) is 8.42 Å². The van der Waals surface area contributed by atoms with Gasteiger partial charge in [-0.1, -0.05) is 18.3 Å². The Kier molecular flexibility index (Phi) is 2.74. The predicted molar refractivity (Wildman–Crippen MR) is 69.5 cm³/mol. The van der Waals surface area contributed by atoms with Crippen molar-refractivity contribution in [3.63, 3.8) is 0 Å². The molecule has 0 saturated heterocycles. The van der Waals surface area contributed by atoms with E-state index in [0.717, 1.165) is 0 Å². The third-order valence-corrected chi connectivity index (χ3v) is 8.57. The van der Waals surface area contributed by atoms with Gasteiger partial charge in [0.15, 0.2) is 9.84 Å². The second-order valence-electron chi connectivity index (χ2n) is 2.11. The Balaban J connectivity index is 5.79. The van der Waals surface area contributed by atoms with Crippen molar-refractivity contribution in [3.8, 4) is 0 Å². The number of sulfone groups is 1. The van der Waals surface area contributed by atoms with Crippen LogP contribution < -0.4 is 0 Å². The SMILES string of the molecule is [2H]C([2H])([2H])C([2H])([2H])OP(=S)(OC([2H])([2H])C([2H])([2H])[2H])SCS(=O)(=O)CC. The molecule has 0 rings (SSSR count). The maximum absolute atomic E-state index is 11.6. The molecule has 0 heterocycles. The molecule has 0 aromatic rings. The summed E-state index contributed by atoms with van der Waals surface area (Å²) in [6, 6.07) is 0. The molecule has 0 amide bonds. The van der Waals surface area contributed by atoms with Gasteiger partial charge in [0.05, 0.1) is 18.6 Å². The topological polar surface area (TPSA) is 52.6 Å². The number of hydrogen-bond acceptors (Lipinski definition) is 6. The van der Waals surface area contributed by atoms with Crippen LogP contribution in [0, 0.1) is 0 Å². The summed E-state index contributed by atoms with van der Waals surface area (Å²) in [5, 5.41) is -0.783. The minimum absolute atomic E-state index is 0.155. The summed E-state index contributed by atoms with van der Waals surface area (Å²) in [7, 11) is -3.70. The van der Waals surface area contributed by atoms with Crippen molar-refractivity contribution in [2.75, 3.05) is 24.0 Å². The highest BCUT2D eigenvalue weighted by Crippen LogP contribution is 2.61. The monoisotopic (exact) mass is 302 g/mol. The third-order valence-electron chi connectivity index (χ3n) is 1.15. The lowest BCUT2D eigenvalue weighted by atomic mass is 10.9. The minimum Gasteiger partial charge on any atom is -0.322 e. The van der Waals surface area contributed by atoms with Gasteiger partial charge in [0.1, 0.15) is 5.08 Å². The third kappa shape index (κ3) is 6.92. The van der Waals surface area contributed by atoms with Crippen LogP contribution in [0.25, 0.3) is 0 Å². The molecule has 0 unspecified atom stereocenters. The van der Waals surface area contributed by atoms with Crippen molar-refractivity contribution in [2.24, 2.45) is 0 Å². The fourth-order valence-corrected chi connectivity index (χ4v) is 7.14. The lowest BCUT2D eigenvalue weighted by Crippen LogP contribution is -2.06. The number of rotatable bonds is 8. The zero-order valence-corrected chi connectivity index (χ0v) is 11.1. The van der Waals surface area contributed by atoms with Crippen LogP contribution >= 0.6 is 17.1 Å². The number of hydrogen-bond donors (Lipinski definition) is 0. The molecule has 0 N–H and O–H groups in total. The predicted octanol–water partition coefficient (Wildman–Crippen LogP) is 2.41. The molecular formula is C7H17O4PS3. The second kappa shape index (κ2) is 7.25. The zero-order valence-electron chi connectivity index (χ0n) is 17.7. The molecule has 0 aromatic carbocycles. The van der Waals surface area contributed by atoms with Gasteiger partial charge >= 0.3 is 0 Å². The van der Waals surface area contributed by atoms with Crippen LogP contribution in [0.4, 0.5) is 0 Å². The van der Waals surface area contributed by atoms with E-state index >= 15 is 0 Å². The van der Waals surface area contributed by atoms with Crippen molar-refractivity contribution < 1.29 is 31.2 Å². The molecule has 0 bridgehead atoms. The summed E-state index contributed by atoms with van der Waals surface area (Å²) in [4.78, 5) is 0. The standard InChI is InChI=1S/C7H17O4PS3/c1-4-10-12(13,11-5-2)14-7-15(8,9)6-3/h4-7H2,1-3H3/i1D3,2D3,4D2,5D2. The van der Waals surface area contributed by atoms with E-state index in [1.807, 2.05) is 0 Å². The summed E-state index contributed by atoms with van der Waals surface area (Å²) in [5.74, 6) is -0.326. The fourth-order valence-electron chi connectivity index (χ4n) is 0.411.